The maximum atomic E-state index is 12.6. The summed E-state index contributed by atoms with van der Waals surface area (Å²) >= 11 is 5.86. The van der Waals surface area contributed by atoms with E-state index >= 15 is 0 Å². The summed E-state index contributed by atoms with van der Waals surface area (Å²) in [5, 5.41) is 0.717. The number of hydrogen-bond acceptors (Lipinski definition) is 5. The van der Waals surface area contributed by atoms with Crippen molar-refractivity contribution >= 4 is 23.2 Å². The molecule has 1 aliphatic carbocycles. The average Bonchev–Trinajstić information content (AvgIpc) is 2.77. The summed E-state index contributed by atoms with van der Waals surface area (Å²) in [5.41, 5.74) is 1.03. The van der Waals surface area contributed by atoms with Crippen LogP contribution in [0.25, 0.3) is 0 Å². The van der Waals surface area contributed by atoms with Gasteiger partial charge in [-0.1, -0.05) is 50.1 Å². The van der Waals surface area contributed by atoms with E-state index in [0.717, 1.165) is 49.5 Å². The van der Waals surface area contributed by atoms with Gasteiger partial charge in [0.05, 0.1) is 20.8 Å². The predicted octanol–water partition coefficient (Wildman–Crippen LogP) is 6.20. The lowest BCUT2D eigenvalue weighted by atomic mass is 9.89. The second kappa shape index (κ2) is 13.2. The summed E-state index contributed by atoms with van der Waals surface area (Å²) < 4.78 is 15.9. The van der Waals surface area contributed by atoms with E-state index in [1.807, 2.05) is 24.3 Å². The first kappa shape index (κ1) is 25.0. The van der Waals surface area contributed by atoms with Crippen molar-refractivity contribution in [3.8, 4) is 5.75 Å². The molecule has 0 heterocycles. The number of methoxy groups -OCH3 is 2. The molecule has 1 aromatic rings. The number of ether oxygens (including phenoxy) is 3. The minimum Gasteiger partial charge on any atom is -0.494 e. The average molecular weight is 449 g/mol. The zero-order valence-corrected chi connectivity index (χ0v) is 19.6. The number of carbonyl (C=O) groups is 2. The highest BCUT2D eigenvalue weighted by molar-refractivity contribution is 6.30. The van der Waals surface area contributed by atoms with Crippen LogP contribution >= 0.6 is 11.6 Å². The number of carbonyl (C=O) groups excluding carboxylic acids is 2. The van der Waals surface area contributed by atoms with Crippen LogP contribution < -0.4 is 4.74 Å². The fraction of sp³-hybridized carbons (Fsp3) is 0.520. The molecule has 0 bridgehead atoms. The van der Waals surface area contributed by atoms with Crippen molar-refractivity contribution in [3.05, 3.63) is 52.0 Å². The Kier molecular flexibility index (Phi) is 10.6. The fourth-order valence-corrected chi connectivity index (χ4v) is 3.80. The first-order chi connectivity index (χ1) is 15.0. The summed E-state index contributed by atoms with van der Waals surface area (Å²) in [4.78, 5) is 25.0. The second-order valence-corrected chi connectivity index (χ2v) is 8.15. The number of benzene rings is 1. The van der Waals surface area contributed by atoms with Crippen LogP contribution in [-0.4, -0.2) is 32.4 Å². The second-order valence-electron chi connectivity index (χ2n) is 7.71. The quantitative estimate of drug-likeness (QED) is 0.250. The third-order valence-electron chi connectivity index (χ3n) is 5.50. The third kappa shape index (κ3) is 7.42. The zero-order valence-electron chi connectivity index (χ0n) is 18.8. The molecule has 0 radical (unpaired) electrons. The van der Waals surface area contributed by atoms with Crippen molar-refractivity contribution in [2.45, 2.75) is 64.7 Å². The highest BCUT2D eigenvalue weighted by Crippen LogP contribution is 2.28. The van der Waals surface area contributed by atoms with Gasteiger partial charge in [-0.2, -0.15) is 0 Å². The Morgan fingerprint density at radius 1 is 0.742 bits per heavy atom. The first-order valence-corrected chi connectivity index (χ1v) is 11.4. The predicted molar refractivity (Wildman–Crippen MR) is 122 cm³/mol. The summed E-state index contributed by atoms with van der Waals surface area (Å²) in [7, 11) is 2.77. The van der Waals surface area contributed by atoms with E-state index in [9.17, 15) is 9.59 Å². The Bertz CT molecular complexity index is 808. The number of rotatable bonds is 14. The van der Waals surface area contributed by atoms with Crippen LogP contribution in [0.5, 0.6) is 5.75 Å². The third-order valence-corrected chi connectivity index (χ3v) is 5.75. The van der Waals surface area contributed by atoms with Crippen LogP contribution in [0.2, 0.25) is 5.02 Å². The van der Waals surface area contributed by atoms with Crippen LogP contribution in [0.15, 0.2) is 46.9 Å². The largest absolute Gasteiger partial charge is 0.494 e. The number of halogens is 1. The molecule has 1 aromatic carbocycles. The maximum absolute atomic E-state index is 12.6. The summed E-state index contributed by atoms with van der Waals surface area (Å²) in [5.74, 6) is 0.408. The molecule has 0 saturated carbocycles. The van der Waals surface area contributed by atoms with E-state index in [2.05, 4.69) is 0 Å². The number of Topliss-reactive ketones (excluding diaryl/α,β-unsaturated/α-hetero) is 2. The first-order valence-electron chi connectivity index (χ1n) is 11.0. The lowest BCUT2D eigenvalue weighted by Gasteiger charge is -2.20. The number of hydrogen-bond donors (Lipinski definition) is 0. The number of allylic oxidation sites excluding steroid dienone is 2. The normalized spacial score (nSPS) is 14.3. The van der Waals surface area contributed by atoms with E-state index < -0.39 is 0 Å². The molecule has 0 unspecified atom stereocenters. The molecule has 2 rings (SSSR count). The molecule has 0 spiro atoms. The van der Waals surface area contributed by atoms with Gasteiger partial charge in [0.15, 0.2) is 0 Å². The number of unbranched alkanes of at least 4 members (excludes halogenated alkanes) is 7. The molecular weight excluding hydrogens is 416 g/mol. The number of ketones is 2. The van der Waals surface area contributed by atoms with Crippen LogP contribution in [0, 0.1) is 0 Å². The van der Waals surface area contributed by atoms with Gasteiger partial charge in [0, 0.05) is 16.2 Å². The summed E-state index contributed by atoms with van der Waals surface area (Å²) in [6.07, 6.45) is 9.45. The molecule has 0 fully saturated rings. The molecule has 31 heavy (non-hydrogen) atoms. The Morgan fingerprint density at radius 2 is 1.26 bits per heavy atom. The Morgan fingerprint density at radius 3 is 1.84 bits per heavy atom. The van der Waals surface area contributed by atoms with Crippen molar-refractivity contribution < 1.29 is 23.8 Å². The van der Waals surface area contributed by atoms with Gasteiger partial charge in [-0.05, 0) is 50.5 Å². The van der Waals surface area contributed by atoms with Gasteiger partial charge in [0.1, 0.15) is 5.75 Å². The molecule has 0 saturated heterocycles. The molecule has 0 atom stereocenters. The molecule has 0 amide bonds. The van der Waals surface area contributed by atoms with Crippen molar-refractivity contribution in [2.75, 3.05) is 20.8 Å². The monoisotopic (exact) mass is 448 g/mol. The van der Waals surface area contributed by atoms with Gasteiger partial charge in [-0.3, -0.25) is 9.59 Å². The maximum Gasteiger partial charge on any atom is 0.228 e. The molecule has 1 aliphatic rings. The standard InChI is InChI=1S/C25H33ClO5/c1-18-21(23(28)25(30-3)24(29-2)22(18)27)12-10-8-6-4-5-7-9-11-17-31-20-15-13-19(26)14-16-20/h13-16H,4-12,17H2,1-3H3. The minimum absolute atomic E-state index is 0.00677. The smallest absolute Gasteiger partial charge is 0.228 e. The molecule has 0 N–H and O–H groups in total. The van der Waals surface area contributed by atoms with E-state index in [1.165, 1.54) is 33.5 Å². The van der Waals surface area contributed by atoms with Gasteiger partial charge < -0.3 is 14.2 Å². The highest BCUT2D eigenvalue weighted by atomic mass is 35.5. The van der Waals surface area contributed by atoms with E-state index in [-0.39, 0.29) is 23.1 Å². The van der Waals surface area contributed by atoms with Gasteiger partial charge in [-0.15, -0.1) is 0 Å². The molecule has 170 valence electrons. The van der Waals surface area contributed by atoms with Crippen LogP contribution in [0.3, 0.4) is 0 Å². The van der Waals surface area contributed by atoms with Crippen molar-refractivity contribution in [2.24, 2.45) is 0 Å². The molecular formula is C25H33ClO5. The van der Waals surface area contributed by atoms with Gasteiger partial charge >= 0.3 is 0 Å². The summed E-state index contributed by atoms with van der Waals surface area (Å²) in [6, 6.07) is 7.45. The van der Waals surface area contributed by atoms with Gasteiger partial charge in [-0.25, -0.2) is 0 Å². The lowest BCUT2D eigenvalue weighted by Crippen LogP contribution is -2.25. The fourth-order valence-electron chi connectivity index (χ4n) is 3.68. The minimum atomic E-state index is -0.256. The molecule has 6 heteroatoms. The van der Waals surface area contributed by atoms with Crippen molar-refractivity contribution in [3.63, 3.8) is 0 Å². The van der Waals surface area contributed by atoms with Crippen LogP contribution in [-0.2, 0) is 19.1 Å². The van der Waals surface area contributed by atoms with Crippen molar-refractivity contribution in [1.29, 1.82) is 0 Å². The Balaban J connectivity index is 1.55. The summed E-state index contributed by atoms with van der Waals surface area (Å²) in [6.45, 7) is 2.42. The van der Waals surface area contributed by atoms with E-state index in [0.29, 0.717) is 17.6 Å². The topological polar surface area (TPSA) is 61.8 Å². The molecule has 5 nitrogen and oxygen atoms in total. The Labute approximate surface area is 190 Å². The van der Waals surface area contributed by atoms with E-state index in [1.54, 1.807) is 6.92 Å². The molecule has 0 aromatic heterocycles. The molecule has 0 aliphatic heterocycles. The van der Waals surface area contributed by atoms with Crippen LogP contribution in [0.4, 0.5) is 0 Å². The van der Waals surface area contributed by atoms with Crippen LogP contribution in [0.1, 0.15) is 64.7 Å². The zero-order chi connectivity index (χ0) is 22.6. The SMILES string of the molecule is COC1=C(OC)C(=O)C(CCCCCCCCCCOc2ccc(Cl)cc2)=C(C)C1=O. The Hall–Kier alpha value is -2.27. The highest BCUT2D eigenvalue weighted by Gasteiger charge is 2.34. The van der Waals surface area contributed by atoms with Gasteiger partial charge in [0.2, 0.25) is 23.1 Å². The van der Waals surface area contributed by atoms with Crippen molar-refractivity contribution in [1.82, 2.24) is 0 Å². The van der Waals surface area contributed by atoms with E-state index in [4.69, 9.17) is 25.8 Å². The van der Waals surface area contributed by atoms with Gasteiger partial charge in [0.25, 0.3) is 0 Å². The lowest BCUT2D eigenvalue weighted by molar-refractivity contribution is -0.121.